The number of ether oxygens (including phenoxy) is 1. The van der Waals surface area contributed by atoms with E-state index in [1.807, 2.05) is 48.9 Å². The SMILES string of the molecule is CCN(CC)C(=O)Cn1cc(SCC(=O)Nc2ccc(C(=O)OC)cc2)c2ccccc21. The standard InChI is InChI=1S/C24H27N3O4S/c1-4-26(5-2)23(29)15-27-14-21(19-8-6-7-9-20(19)27)32-16-22(28)25-18-12-10-17(11-13-18)24(30)31-3/h6-14H,4-5,15-16H2,1-3H3,(H,25,28). The highest BCUT2D eigenvalue weighted by Gasteiger charge is 2.15. The number of methoxy groups -OCH3 is 1. The molecular formula is C24H27N3O4S. The third-order valence-electron chi connectivity index (χ3n) is 5.12. The van der Waals surface area contributed by atoms with E-state index in [9.17, 15) is 14.4 Å². The first kappa shape index (κ1) is 23.4. The molecule has 0 bridgehead atoms. The van der Waals surface area contributed by atoms with Gasteiger partial charge in [-0.3, -0.25) is 9.59 Å². The van der Waals surface area contributed by atoms with E-state index in [-0.39, 0.29) is 24.1 Å². The van der Waals surface area contributed by atoms with Crippen LogP contribution in [0.15, 0.2) is 59.6 Å². The second-order valence-electron chi connectivity index (χ2n) is 7.11. The van der Waals surface area contributed by atoms with Crippen LogP contribution in [-0.4, -0.2) is 53.2 Å². The molecule has 1 aromatic heterocycles. The molecule has 7 nitrogen and oxygen atoms in total. The first-order chi connectivity index (χ1) is 15.5. The van der Waals surface area contributed by atoms with Gasteiger partial charge in [0.1, 0.15) is 6.54 Å². The van der Waals surface area contributed by atoms with E-state index in [0.717, 1.165) is 15.8 Å². The van der Waals surface area contributed by atoms with Gasteiger partial charge < -0.3 is 19.5 Å². The summed E-state index contributed by atoms with van der Waals surface area (Å²) in [6, 6.07) is 14.4. The molecule has 2 aromatic carbocycles. The van der Waals surface area contributed by atoms with Crippen LogP contribution >= 0.6 is 11.8 Å². The molecule has 3 rings (SSSR count). The predicted octanol–water partition coefficient (Wildman–Crippen LogP) is 4.03. The summed E-state index contributed by atoms with van der Waals surface area (Å²) in [5.74, 6) is -0.289. The maximum atomic E-state index is 12.6. The van der Waals surface area contributed by atoms with Gasteiger partial charge in [-0.25, -0.2) is 4.79 Å². The zero-order chi connectivity index (χ0) is 23.1. The second kappa shape index (κ2) is 10.9. The zero-order valence-corrected chi connectivity index (χ0v) is 19.3. The first-order valence-corrected chi connectivity index (χ1v) is 11.4. The van der Waals surface area contributed by atoms with Crippen LogP contribution in [0.3, 0.4) is 0 Å². The quantitative estimate of drug-likeness (QED) is 0.391. The molecule has 8 heteroatoms. The van der Waals surface area contributed by atoms with Crippen molar-refractivity contribution in [1.29, 1.82) is 0 Å². The average molecular weight is 454 g/mol. The highest BCUT2D eigenvalue weighted by atomic mass is 32.2. The number of likely N-dealkylation sites (N-methyl/N-ethyl adjacent to an activating group) is 1. The monoisotopic (exact) mass is 453 g/mol. The number of carbonyl (C=O) groups excluding carboxylic acids is 3. The summed E-state index contributed by atoms with van der Waals surface area (Å²) in [5, 5.41) is 3.85. The number of rotatable bonds is 9. The molecule has 168 valence electrons. The van der Waals surface area contributed by atoms with Gasteiger partial charge in [0, 0.05) is 40.8 Å². The number of fused-ring (bicyclic) bond motifs is 1. The van der Waals surface area contributed by atoms with E-state index >= 15 is 0 Å². The van der Waals surface area contributed by atoms with Crippen LogP contribution in [-0.2, 0) is 20.9 Å². The number of hydrogen-bond acceptors (Lipinski definition) is 5. The van der Waals surface area contributed by atoms with Crippen molar-refractivity contribution in [3.05, 3.63) is 60.3 Å². The van der Waals surface area contributed by atoms with E-state index in [1.54, 1.807) is 29.2 Å². The Morgan fingerprint density at radius 2 is 1.72 bits per heavy atom. The molecule has 0 spiro atoms. The number of aromatic nitrogens is 1. The minimum absolute atomic E-state index is 0.0699. The molecule has 0 aliphatic carbocycles. The number of thioether (sulfide) groups is 1. The average Bonchev–Trinajstić information content (AvgIpc) is 3.16. The van der Waals surface area contributed by atoms with Crippen LogP contribution in [0, 0.1) is 0 Å². The lowest BCUT2D eigenvalue weighted by Gasteiger charge is -2.19. The van der Waals surface area contributed by atoms with Crippen molar-refractivity contribution in [3.63, 3.8) is 0 Å². The van der Waals surface area contributed by atoms with E-state index in [4.69, 9.17) is 0 Å². The Hall–Kier alpha value is -3.26. The van der Waals surface area contributed by atoms with Crippen molar-refractivity contribution in [1.82, 2.24) is 9.47 Å². The van der Waals surface area contributed by atoms with Gasteiger partial charge in [0.15, 0.2) is 0 Å². The fraction of sp³-hybridized carbons (Fsp3) is 0.292. The van der Waals surface area contributed by atoms with Crippen molar-refractivity contribution in [2.45, 2.75) is 25.3 Å². The fourth-order valence-corrected chi connectivity index (χ4v) is 4.32. The molecule has 1 heterocycles. The van der Waals surface area contributed by atoms with Crippen LogP contribution in [0.5, 0.6) is 0 Å². The molecule has 2 amide bonds. The van der Waals surface area contributed by atoms with Crippen molar-refractivity contribution in [3.8, 4) is 0 Å². The minimum atomic E-state index is -0.422. The van der Waals surface area contributed by atoms with E-state index in [2.05, 4.69) is 10.1 Å². The lowest BCUT2D eigenvalue weighted by molar-refractivity contribution is -0.131. The molecular weight excluding hydrogens is 426 g/mol. The fourth-order valence-electron chi connectivity index (χ4n) is 3.43. The lowest BCUT2D eigenvalue weighted by atomic mass is 10.2. The Balaban J connectivity index is 1.67. The summed E-state index contributed by atoms with van der Waals surface area (Å²) in [7, 11) is 1.33. The molecule has 0 unspecified atom stereocenters. The Morgan fingerprint density at radius 3 is 2.38 bits per heavy atom. The van der Waals surface area contributed by atoms with E-state index in [1.165, 1.54) is 18.9 Å². The van der Waals surface area contributed by atoms with Crippen molar-refractivity contribution in [2.24, 2.45) is 0 Å². The third kappa shape index (κ3) is 5.50. The molecule has 3 aromatic rings. The molecule has 0 fully saturated rings. The number of nitrogens with one attached hydrogen (secondary N) is 1. The number of esters is 1. The number of benzene rings is 2. The molecule has 0 radical (unpaired) electrons. The van der Waals surface area contributed by atoms with Crippen LogP contribution in [0.2, 0.25) is 0 Å². The first-order valence-electron chi connectivity index (χ1n) is 10.4. The van der Waals surface area contributed by atoms with Crippen molar-refractivity contribution >= 4 is 46.1 Å². The van der Waals surface area contributed by atoms with Crippen LogP contribution in [0.1, 0.15) is 24.2 Å². The summed E-state index contributed by atoms with van der Waals surface area (Å²) in [6.45, 7) is 5.56. The topological polar surface area (TPSA) is 80.6 Å². The normalized spacial score (nSPS) is 10.7. The molecule has 0 saturated carbocycles. The third-order valence-corrected chi connectivity index (χ3v) is 6.17. The van der Waals surface area contributed by atoms with Gasteiger partial charge in [-0.05, 0) is 44.2 Å². The van der Waals surface area contributed by atoms with E-state index < -0.39 is 5.97 Å². The summed E-state index contributed by atoms with van der Waals surface area (Å²) in [6.07, 6.45) is 1.94. The zero-order valence-electron chi connectivity index (χ0n) is 18.5. The van der Waals surface area contributed by atoms with Gasteiger partial charge in [-0.15, -0.1) is 11.8 Å². The summed E-state index contributed by atoms with van der Waals surface area (Å²) >= 11 is 1.42. The van der Waals surface area contributed by atoms with Crippen LogP contribution in [0.4, 0.5) is 5.69 Å². The van der Waals surface area contributed by atoms with Gasteiger partial charge in [-0.1, -0.05) is 18.2 Å². The van der Waals surface area contributed by atoms with Crippen molar-refractivity contribution in [2.75, 3.05) is 31.3 Å². The molecule has 0 aliphatic heterocycles. The van der Waals surface area contributed by atoms with Gasteiger partial charge >= 0.3 is 5.97 Å². The van der Waals surface area contributed by atoms with Crippen LogP contribution in [0.25, 0.3) is 10.9 Å². The highest BCUT2D eigenvalue weighted by Crippen LogP contribution is 2.30. The van der Waals surface area contributed by atoms with Crippen molar-refractivity contribution < 1.29 is 19.1 Å². The minimum Gasteiger partial charge on any atom is -0.465 e. The number of amides is 2. The Morgan fingerprint density at radius 1 is 1.03 bits per heavy atom. The van der Waals surface area contributed by atoms with Gasteiger partial charge in [0.25, 0.3) is 0 Å². The number of anilines is 1. The Labute approximate surface area is 191 Å². The lowest BCUT2D eigenvalue weighted by Crippen LogP contribution is -2.33. The van der Waals surface area contributed by atoms with Gasteiger partial charge in [0.05, 0.1) is 18.4 Å². The number of nitrogens with zero attached hydrogens (tertiary/aromatic N) is 2. The number of carbonyl (C=O) groups is 3. The smallest absolute Gasteiger partial charge is 0.337 e. The predicted molar refractivity (Wildman–Crippen MR) is 127 cm³/mol. The second-order valence-corrected chi connectivity index (χ2v) is 8.13. The largest absolute Gasteiger partial charge is 0.465 e. The maximum absolute atomic E-state index is 12.6. The summed E-state index contributed by atoms with van der Waals surface area (Å²) < 4.78 is 6.62. The van der Waals surface area contributed by atoms with Crippen LogP contribution < -0.4 is 5.32 Å². The van der Waals surface area contributed by atoms with E-state index in [0.29, 0.717) is 24.3 Å². The number of hydrogen-bond donors (Lipinski definition) is 1. The highest BCUT2D eigenvalue weighted by molar-refractivity contribution is 8.00. The van der Waals surface area contributed by atoms with Gasteiger partial charge in [0.2, 0.25) is 11.8 Å². The summed E-state index contributed by atoms with van der Waals surface area (Å²) in [4.78, 5) is 39.3. The molecule has 1 N–H and O–H groups in total. The van der Waals surface area contributed by atoms with Gasteiger partial charge in [-0.2, -0.15) is 0 Å². The Kier molecular flexibility index (Phi) is 7.94. The molecule has 32 heavy (non-hydrogen) atoms. The molecule has 0 atom stereocenters. The Bertz CT molecular complexity index is 1100. The number of para-hydroxylation sites is 1. The molecule has 0 saturated heterocycles. The molecule has 0 aliphatic rings. The summed E-state index contributed by atoms with van der Waals surface area (Å²) in [5.41, 5.74) is 2.00. The maximum Gasteiger partial charge on any atom is 0.337 e.